The molecule has 0 amide bonds. The quantitative estimate of drug-likeness (QED) is 0.779. The third-order valence-electron chi connectivity index (χ3n) is 5.09. The van der Waals surface area contributed by atoms with E-state index < -0.39 is 10.8 Å². The van der Waals surface area contributed by atoms with Crippen LogP contribution in [0.15, 0.2) is 52.3 Å². The van der Waals surface area contributed by atoms with E-state index in [9.17, 15) is 4.21 Å². The van der Waals surface area contributed by atoms with Crippen LogP contribution in [0.5, 0.6) is 0 Å². The molecule has 4 rings (SSSR count). The highest BCUT2D eigenvalue weighted by atomic mass is 35.5. The molecule has 2 heterocycles. The van der Waals surface area contributed by atoms with Crippen LogP contribution in [-0.4, -0.2) is 47.2 Å². The van der Waals surface area contributed by atoms with E-state index in [-0.39, 0.29) is 6.04 Å². The third-order valence-corrected chi connectivity index (χ3v) is 6.90. The van der Waals surface area contributed by atoms with Crippen LogP contribution in [0, 0.1) is 0 Å². The van der Waals surface area contributed by atoms with Crippen molar-refractivity contribution in [3.05, 3.63) is 58.6 Å². The van der Waals surface area contributed by atoms with Gasteiger partial charge in [-0.25, -0.2) is 4.21 Å². The summed E-state index contributed by atoms with van der Waals surface area (Å²) in [5, 5.41) is 0.718. The maximum atomic E-state index is 13.2. The number of rotatable bonds is 1. The zero-order valence-corrected chi connectivity index (χ0v) is 15.3. The molecular weight excluding hydrogens is 340 g/mol. The summed E-state index contributed by atoms with van der Waals surface area (Å²) < 4.78 is 13.2. The summed E-state index contributed by atoms with van der Waals surface area (Å²) >= 11 is 6.29. The molecule has 2 aromatic carbocycles. The normalized spacial score (nSPS) is 24.9. The number of hydrogen-bond acceptors (Lipinski definition) is 3. The standard InChI is InChI=1S/C19H21ClN2OS/c1-21-8-10-22(11-9-21)17-12-14-4-2-3-5-18(14)24(23)19-7-6-15(20)13-16(17)19/h2-7,13,17H,8-12H2,1H3/t17-,24+/m0/s1. The predicted molar refractivity (Wildman–Crippen MR) is 98.1 cm³/mol. The van der Waals surface area contributed by atoms with E-state index in [0.29, 0.717) is 0 Å². The number of piperazine rings is 1. The Hall–Kier alpha value is -1.20. The highest BCUT2D eigenvalue weighted by Gasteiger charge is 2.31. The first-order valence-electron chi connectivity index (χ1n) is 8.35. The highest BCUT2D eigenvalue weighted by molar-refractivity contribution is 7.85. The SMILES string of the molecule is CN1CCN([C@H]2Cc3ccccc3[S@@](=O)c3ccc(Cl)cc32)CC1. The molecule has 5 heteroatoms. The zero-order chi connectivity index (χ0) is 16.7. The molecular formula is C19H21ClN2OS. The van der Waals surface area contributed by atoms with Gasteiger partial charge in [0.15, 0.2) is 0 Å². The molecule has 0 saturated carbocycles. The van der Waals surface area contributed by atoms with Crippen molar-refractivity contribution in [3.63, 3.8) is 0 Å². The van der Waals surface area contributed by atoms with E-state index >= 15 is 0 Å². The van der Waals surface area contributed by atoms with E-state index in [0.717, 1.165) is 53.0 Å². The molecule has 2 aromatic rings. The van der Waals surface area contributed by atoms with Gasteiger partial charge in [0.1, 0.15) is 0 Å². The van der Waals surface area contributed by atoms with Gasteiger partial charge in [0.25, 0.3) is 0 Å². The van der Waals surface area contributed by atoms with Crippen molar-refractivity contribution in [1.82, 2.24) is 9.80 Å². The minimum absolute atomic E-state index is 0.236. The Morgan fingerprint density at radius 1 is 1.04 bits per heavy atom. The van der Waals surface area contributed by atoms with Crippen LogP contribution in [0.1, 0.15) is 17.2 Å². The molecule has 126 valence electrons. The summed E-state index contributed by atoms with van der Waals surface area (Å²) in [7, 11) is 1.02. The van der Waals surface area contributed by atoms with Gasteiger partial charge in [-0.1, -0.05) is 29.8 Å². The Balaban J connectivity index is 1.82. The second-order valence-corrected chi connectivity index (χ2v) is 8.47. The van der Waals surface area contributed by atoms with Crippen LogP contribution >= 0.6 is 11.6 Å². The molecule has 0 aromatic heterocycles. The first-order valence-corrected chi connectivity index (χ1v) is 9.88. The molecule has 0 unspecified atom stereocenters. The monoisotopic (exact) mass is 360 g/mol. The van der Waals surface area contributed by atoms with Crippen LogP contribution in [0.2, 0.25) is 5.02 Å². The lowest BCUT2D eigenvalue weighted by molar-refractivity contribution is 0.110. The Morgan fingerprint density at radius 3 is 2.58 bits per heavy atom. The predicted octanol–water partition coefficient (Wildman–Crippen LogP) is 3.35. The van der Waals surface area contributed by atoms with Crippen LogP contribution < -0.4 is 0 Å². The third kappa shape index (κ3) is 2.93. The van der Waals surface area contributed by atoms with Gasteiger partial charge in [-0.3, -0.25) is 4.90 Å². The zero-order valence-electron chi connectivity index (χ0n) is 13.7. The lowest BCUT2D eigenvalue weighted by Crippen LogP contribution is -2.46. The Bertz CT molecular complexity index is 787. The minimum atomic E-state index is -1.14. The maximum Gasteiger partial charge on any atom is 0.0855 e. The van der Waals surface area contributed by atoms with Gasteiger partial charge in [-0.05, 0) is 48.9 Å². The number of hydrogen-bond donors (Lipinski definition) is 0. The molecule has 2 atom stereocenters. The summed E-state index contributed by atoms with van der Waals surface area (Å²) in [6, 6.07) is 14.2. The molecule has 24 heavy (non-hydrogen) atoms. The smallest absolute Gasteiger partial charge is 0.0855 e. The molecule has 2 aliphatic rings. The van der Waals surface area contributed by atoms with Crippen molar-refractivity contribution in [3.8, 4) is 0 Å². The first-order chi connectivity index (χ1) is 11.6. The number of fused-ring (bicyclic) bond motifs is 2. The van der Waals surface area contributed by atoms with Gasteiger partial charge in [-0.2, -0.15) is 0 Å². The van der Waals surface area contributed by atoms with Crippen molar-refractivity contribution < 1.29 is 4.21 Å². The molecule has 0 N–H and O–H groups in total. The van der Waals surface area contributed by atoms with Gasteiger partial charge in [0, 0.05) is 47.0 Å². The van der Waals surface area contributed by atoms with E-state index in [2.05, 4.69) is 22.9 Å². The van der Waals surface area contributed by atoms with Gasteiger partial charge >= 0.3 is 0 Å². The molecule has 1 fully saturated rings. The number of halogens is 1. The minimum Gasteiger partial charge on any atom is -0.304 e. The molecule has 0 spiro atoms. The summed E-state index contributed by atoms with van der Waals surface area (Å²) in [4.78, 5) is 6.73. The van der Waals surface area contributed by atoms with Crippen LogP contribution in [-0.2, 0) is 17.2 Å². The van der Waals surface area contributed by atoms with Crippen molar-refractivity contribution >= 4 is 22.4 Å². The Labute approximate surface area is 150 Å². The van der Waals surface area contributed by atoms with Crippen LogP contribution in [0.25, 0.3) is 0 Å². The van der Waals surface area contributed by atoms with E-state index in [1.54, 1.807) is 0 Å². The van der Waals surface area contributed by atoms with E-state index in [4.69, 9.17) is 11.6 Å². The fourth-order valence-corrected chi connectivity index (χ4v) is 5.31. The van der Waals surface area contributed by atoms with E-state index in [1.165, 1.54) is 5.56 Å². The summed E-state index contributed by atoms with van der Waals surface area (Å²) in [5.41, 5.74) is 2.31. The number of likely N-dealkylation sites (N-methyl/N-ethyl adjacent to an activating group) is 1. The second-order valence-electron chi connectivity index (χ2n) is 6.62. The van der Waals surface area contributed by atoms with Gasteiger partial charge in [-0.15, -0.1) is 0 Å². The average Bonchev–Trinajstić information content (AvgIpc) is 2.71. The fourth-order valence-electron chi connectivity index (χ4n) is 3.70. The topological polar surface area (TPSA) is 23.6 Å². The summed E-state index contributed by atoms with van der Waals surface area (Å²) in [6.07, 6.45) is 0.888. The Kier molecular flexibility index (Phi) is 4.48. The lowest BCUT2D eigenvalue weighted by atomic mass is 9.96. The van der Waals surface area contributed by atoms with E-state index in [1.807, 2.05) is 36.4 Å². The first kappa shape index (κ1) is 16.3. The molecule has 2 aliphatic heterocycles. The van der Waals surface area contributed by atoms with Gasteiger partial charge in [0.2, 0.25) is 0 Å². The highest BCUT2D eigenvalue weighted by Crippen LogP contribution is 2.38. The van der Waals surface area contributed by atoms with Crippen molar-refractivity contribution in [1.29, 1.82) is 0 Å². The summed E-state index contributed by atoms with van der Waals surface area (Å²) in [5.74, 6) is 0. The summed E-state index contributed by atoms with van der Waals surface area (Å²) in [6.45, 7) is 4.19. The van der Waals surface area contributed by atoms with Crippen LogP contribution in [0.4, 0.5) is 0 Å². The van der Waals surface area contributed by atoms with Crippen LogP contribution in [0.3, 0.4) is 0 Å². The number of nitrogens with zero attached hydrogens (tertiary/aromatic N) is 2. The van der Waals surface area contributed by atoms with Gasteiger partial charge < -0.3 is 4.90 Å². The molecule has 3 nitrogen and oxygen atoms in total. The Morgan fingerprint density at radius 2 is 1.79 bits per heavy atom. The number of benzene rings is 2. The molecule has 1 saturated heterocycles. The maximum absolute atomic E-state index is 13.2. The second kappa shape index (κ2) is 6.60. The fraction of sp³-hybridized carbons (Fsp3) is 0.368. The van der Waals surface area contributed by atoms with Crippen molar-refractivity contribution in [2.24, 2.45) is 0 Å². The lowest BCUT2D eigenvalue weighted by Gasteiger charge is -2.38. The largest absolute Gasteiger partial charge is 0.304 e. The van der Waals surface area contributed by atoms with Crippen molar-refractivity contribution in [2.75, 3.05) is 33.2 Å². The molecule has 0 bridgehead atoms. The molecule has 0 radical (unpaired) electrons. The van der Waals surface area contributed by atoms with Gasteiger partial charge in [0.05, 0.1) is 10.8 Å². The van der Waals surface area contributed by atoms with Crippen molar-refractivity contribution in [2.45, 2.75) is 22.3 Å². The molecule has 0 aliphatic carbocycles. The average molecular weight is 361 g/mol.